The van der Waals surface area contributed by atoms with E-state index in [2.05, 4.69) is 27.4 Å². The molecule has 0 unspecified atom stereocenters. The molecule has 0 aromatic carbocycles. The zero-order chi connectivity index (χ0) is 25.5. The van der Waals surface area contributed by atoms with Gasteiger partial charge in [-0.25, -0.2) is 15.0 Å². The number of aliphatic hydroxyl groups is 2. The third-order valence-corrected chi connectivity index (χ3v) is 6.49. The van der Waals surface area contributed by atoms with E-state index in [-0.39, 0.29) is 25.6 Å². The number of aryl methyl sites for hydroxylation is 2. The van der Waals surface area contributed by atoms with Gasteiger partial charge >= 0.3 is 5.97 Å². The molecule has 9 nitrogen and oxygen atoms in total. The first kappa shape index (κ1) is 28.6. The highest BCUT2D eigenvalue weighted by Crippen LogP contribution is 2.25. The fourth-order valence-corrected chi connectivity index (χ4v) is 3.95. The zero-order valence-electron chi connectivity index (χ0n) is 20.8. The van der Waals surface area contributed by atoms with Crippen molar-refractivity contribution >= 4 is 11.8 Å². The first-order valence-electron chi connectivity index (χ1n) is 12.6. The third-order valence-electron chi connectivity index (χ3n) is 6.49. The second-order valence-corrected chi connectivity index (χ2v) is 9.29. The molecule has 1 aliphatic rings. The van der Waals surface area contributed by atoms with Gasteiger partial charge in [0, 0.05) is 24.6 Å². The van der Waals surface area contributed by atoms with Crippen molar-refractivity contribution in [1.29, 1.82) is 0 Å². The van der Waals surface area contributed by atoms with E-state index >= 15 is 0 Å². The van der Waals surface area contributed by atoms with E-state index in [0.717, 1.165) is 68.6 Å². The lowest BCUT2D eigenvalue weighted by atomic mass is 9.92. The highest BCUT2D eigenvalue weighted by Gasteiger charge is 2.19. The van der Waals surface area contributed by atoms with Crippen molar-refractivity contribution in [2.24, 2.45) is 5.73 Å². The molecule has 3 heterocycles. The second-order valence-electron chi connectivity index (χ2n) is 9.29. The van der Waals surface area contributed by atoms with Gasteiger partial charge in [0.05, 0.1) is 25.2 Å². The highest BCUT2D eigenvalue weighted by molar-refractivity contribution is 5.68. The summed E-state index contributed by atoms with van der Waals surface area (Å²) in [6.07, 6.45) is 14.2. The predicted octanol–water partition coefficient (Wildman–Crippen LogP) is 3.06. The van der Waals surface area contributed by atoms with Gasteiger partial charge in [0.2, 0.25) is 0 Å². The van der Waals surface area contributed by atoms with Gasteiger partial charge in [-0.2, -0.15) is 0 Å². The number of rotatable bonds is 13. The molecule has 35 heavy (non-hydrogen) atoms. The molecule has 0 aliphatic carbocycles. The number of unbranched alkanes of at least 4 members (excludes halogenated alkanes) is 3. The number of hydrogen-bond donors (Lipinski definition) is 5. The summed E-state index contributed by atoms with van der Waals surface area (Å²) in [5.41, 5.74) is 8.05. The molecule has 3 rings (SSSR count). The van der Waals surface area contributed by atoms with Crippen LogP contribution in [0.4, 0.5) is 5.82 Å². The van der Waals surface area contributed by atoms with E-state index in [1.807, 2.05) is 6.92 Å². The molecule has 0 spiro atoms. The van der Waals surface area contributed by atoms with Crippen molar-refractivity contribution in [3.8, 4) is 0 Å². The Balaban J connectivity index is 0.000000466. The quantitative estimate of drug-likeness (QED) is 0.268. The molecule has 0 bridgehead atoms. The molecule has 0 saturated heterocycles. The van der Waals surface area contributed by atoms with Crippen LogP contribution in [-0.4, -0.2) is 61.5 Å². The minimum Gasteiger partial charge on any atom is -0.481 e. The maximum Gasteiger partial charge on any atom is 0.303 e. The summed E-state index contributed by atoms with van der Waals surface area (Å²) >= 11 is 0. The Kier molecular flexibility index (Phi) is 12.6. The minimum absolute atomic E-state index is 0.00270. The van der Waals surface area contributed by atoms with Crippen molar-refractivity contribution in [3.63, 3.8) is 0 Å². The number of aliphatic hydroxyl groups excluding tert-OH is 2. The van der Waals surface area contributed by atoms with Gasteiger partial charge in [-0.05, 0) is 61.6 Å². The average molecular weight is 488 g/mol. The molecular formula is C26H41N5O4. The van der Waals surface area contributed by atoms with E-state index in [0.29, 0.717) is 6.42 Å². The van der Waals surface area contributed by atoms with E-state index in [4.69, 9.17) is 26.0 Å². The zero-order valence-corrected chi connectivity index (χ0v) is 20.8. The summed E-state index contributed by atoms with van der Waals surface area (Å²) in [4.78, 5) is 23.9. The molecule has 194 valence electrons. The number of nitrogens with zero attached hydrogens (tertiary/aromatic N) is 3. The molecule has 0 fully saturated rings. The van der Waals surface area contributed by atoms with Crippen molar-refractivity contribution < 1.29 is 20.1 Å². The van der Waals surface area contributed by atoms with Crippen LogP contribution < -0.4 is 11.1 Å². The fourth-order valence-electron chi connectivity index (χ4n) is 3.95. The summed E-state index contributed by atoms with van der Waals surface area (Å²) in [7, 11) is 0. The summed E-state index contributed by atoms with van der Waals surface area (Å²) in [6.45, 7) is 2.54. The number of anilines is 1. The fraction of sp³-hybridized carbons (Fsp3) is 0.615. The first-order chi connectivity index (χ1) is 16.9. The van der Waals surface area contributed by atoms with Gasteiger partial charge < -0.3 is 26.4 Å². The summed E-state index contributed by atoms with van der Waals surface area (Å²) in [5.74, 6) is 0.299. The Bertz CT molecular complexity index is 869. The van der Waals surface area contributed by atoms with Crippen molar-refractivity contribution in [1.82, 2.24) is 15.0 Å². The van der Waals surface area contributed by atoms with Crippen LogP contribution in [0.15, 0.2) is 30.9 Å². The normalized spacial score (nSPS) is 13.7. The van der Waals surface area contributed by atoms with Gasteiger partial charge in [0.15, 0.2) is 0 Å². The second kappa shape index (κ2) is 15.4. The maximum atomic E-state index is 11.1. The number of hydrogen-bond acceptors (Lipinski definition) is 8. The van der Waals surface area contributed by atoms with Gasteiger partial charge in [-0.1, -0.05) is 32.3 Å². The minimum atomic E-state index is -0.768. The number of aromatic nitrogens is 3. The molecular weight excluding hydrogens is 446 g/mol. The SMILES string of the molecule is CCC(N)(CO)CO.O=C(O)C[C@H](CCCCCCc1ccc2c(n1)NCCC2)c1cncnc1. The van der Waals surface area contributed by atoms with Crippen LogP contribution in [0.5, 0.6) is 0 Å². The Labute approximate surface area is 208 Å². The average Bonchev–Trinajstić information content (AvgIpc) is 2.90. The molecule has 1 atom stereocenters. The summed E-state index contributed by atoms with van der Waals surface area (Å²) in [6, 6.07) is 4.37. The molecule has 0 radical (unpaired) electrons. The molecule has 2 aromatic rings. The summed E-state index contributed by atoms with van der Waals surface area (Å²) < 4.78 is 0. The Morgan fingerprint density at radius 2 is 1.86 bits per heavy atom. The Morgan fingerprint density at radius 1 is 1.14 bits per heavy atom. The van der Waals surface area contributed by atoms with Gasteiger partial charge in [-0.3, -0.25) is 4.79 Å². The Hall–Kier alpha value is -2.62. The standard InChI is InChI=1S/C21H28N4O2.C5H13NO2/c26-20(27)12-17(18-13-22-15-23-14-18)6-3-1-2-4-8-19-10-9-16-7-5-11-24-21(16)25-19;1-2-5(6,3-7)4-8/h9-10,13-15,17H,1-8,11-12H2,(H,24,25)(H,26,27);7-8H,2-4,6H2,1H3/t17-;/m0./s1. The van der Waals surface area contributed by atoms with Crippen LogP contribution in [0, 0.1) is 0 Å². The van der Waals surface area contributed by atoms with E-state index < -0.39 is 11.5 Å². The van der Waals surface area contributed by atoms with E-state index in [1.165, 1.54) is 18.3 Å². The van der Waals surface area contributed by atoms with Crippen LogP contribution in [0.3, 0.4) is 0 Å². The summed E-state index contributed by atoms with van der Waals surface area (Å²) in [5, 5.41) is 29.5. The lowest BCUT2D eigenvalue weighted by molar-refractivity contribution is -0.137. The smallest absolute Gasteiger partial charge is 0.303 e. The van der Waals surface area contributed by atoms with Gasteiger partial charge in [0.1, 0.15) is 12.1 Å². The molecule has 0 amide bonds. The Morgan fingerprint density at radius 3 is 2.49 bits per heavy atom. The topological polar surface area (TPSA) is 154 Å². The van der Waals surface area contributed by atoms with Gasteiger partial charge in [-0.15, -0.1) is 0 Å². The van der Waals surface area contributed by atoms with Crippen LogP contribution in [0.1, 0.15) is 81.0 Å². The van der Waals surface area contributed by atoms with Crippen molar-refractivity contribution in [3.05, 3.63) is 47.7 Å². The van der Waals surface area contributed by atoms with Crippen LogP contribution in [-0.2, 0) is 17.6 Å². The predicted molar refractivity (Wildman–Crippen MR) is 136 cm³/mol. The van der Waals surface area contributed by atoms with Gasteiger partial charge in [0.25, 0.3) is 0 Å². The lowest BCUT2D eigenvalue weighted by Crippen LogP contribution is -2.46. The number of pyridine rings is 1. The van der Waals surface area contributed by atoms with E-state index in [9.17, 15) is 4.79 Å². The molecule has 6 N–H and O–H groups in total. The third kappa shape index (κ3) is 10.3. The maximum absolute atomic E-state index is 11.1. The molecule has 1 aliphatic heterocycles. The highest BCUT2D eigenvalue weighted by atomic mass is 16.4. The number of aliphatic carboxylic acids is 1. The van der Waals surface area contributed by atoms with Crippen molar-refractivity contribution in [2.75, 3.05) is 25.1 Å². The van der Waals surface area contributed by atoms with Crippen LogP contribution >= 0.6 is 0 Å². The molecule has 0 saturated carbocycles. The lowest BCUT2D eigenvalue weighted by Gasteiger charge is -2.21. The number of fused-ring (bicyclic) bond motifs is 1. The van der Waals surface area contributed by atoms with Crippen molar-refractivity contribution in [2.45, 2.75) is 82.6 Å². The molecule has 2 aromatic heterocycles. The number of carboxylic acids is 1. The number of nitrogens with two attached hydrogens (primary N) is 1. The number of nitrogens with one attached hydrogen (secondary N) is 1. The monoisotopic (exact) mass is 487 g/mol. The first-order valence-corrected chi connectivity index (χ1v) is 12.6. The van der Waals surface area contributed by atoms with Crippen LogP contribution in [0.2, 0.25) is 0 Å². The van der Waals surface area contributed by atoms with E-state index in [1.54, 1.807) is 12.4 Å². The largest absolute Gasteiger partial charge is 0.481 e. The number of carboxylic acid groups (broad SMARTS) is 1. The van der Waals surface area contributed by atoms with Crippen LogP contribution in [0.25, 0.3) is 0 Å². The number of carbonyl (C=O) groups is 1. The molecule has 9 heteroatoms.